The van der Waals surface area contributed by atoms with Crippen LogP contribution in [-0.2, 0) is 6.42 Å². The van der Waals surface area contributed by atoms with E-state index in [9.17, 15) is 0 Å². The standard InChI is InChI=1S/C12H14Cl/c1-4-9(3)12-8-11(13)7-6-10(12)5-2/h4,6-8H,1,5H2,2-3H3. The van der Waals surface area contributed by atoms with E-state index in [1.165, 1.54) is 17.0 Å². The highest BCUT2D eigenvalue weighted by molar-refractivity contribution is 6.30. The molecule has 0 aliphatic rings. The van der Waals surface area contributed by atoms with E-state index in [1.807, 2.05) is 18.2 Å². The van der Waals surface area contributed by atoms with E-state index in [2.05, 4.69) is 26.5 Å². The Balaban J connectivity index is 3.14. The molecule has 0 bridgehead atoms. The Hall–Kier alpha value is -0.750. The zero-order valence-corrected chi connectivity index (χ0v) is 8.86. The number of hydrogen-bond donors (Lipinski definition) is 0. The zero-order chi connectivity index (χ0) is 9.84. The summed E-state index contributed by atoms with van der Waals surface area (Å²) in [4.78, 5) is 0. The maximum atomic E-state index is 5.93. The molecule has 0 unspecified atom stereocenters. The second kappa shape index (κ2) is 4.48. The molecule has 1 radical (unpaired) electrons. The zero-order valence-electron chi connectivity index (χ0n) is 8.10. The number of allylic oxidation sites excluding steroid dienone is 1. The van der Waals surface area contributed by atoms with Crippen molar-refractivity contribution in [2.24, 2.45) is 0 Å². The molecule has 1 aromatic carbocycles. The Morgan fingerprint density at radius 2 is 2.23 bits per heavy atom. The lowest BCUT2D eigenvalue weighted by atomic mass is 9.94. The quantitative estimate of drug-likeness (QED) is 0.680. The van der Waals surface area contributed by atoms with Crippen LogP contribution in [0.1, 0.15) is 25.0 Å². The van der Waals surface area contributed by atoms with Crippen molar-refractivity contribution in [2.75, 3.05) is 0 Å². The topological polar surface area (TPSA) is 0 Å². The molecule has 0 amide bonds. The van der Waals surface area contributed by atoms with Crippen LogP contribution in [0.25, 0.3) is 0 Å². The number of halogens is 1. The van der Waals surface area contributed by atoms with Crippen LogP contribution in [0, 0.1) is 5.92 Å². The van der Waals surface area contributed by atoms with E-state index in [0.29, 0.717) is 0 Å². The van der Waals surface area contributed by atoms with Gasteiger partial charge in [-0.1, -0.05) is 37.6 Å². The van der Waals surface area contributed by atoms with Gasteiger partial charge in [-0.05, 0) is 29.7 Å². The van der Waals surface area contributed by atoms with E-state index >= 15 is 0 Å². The molecule has 13 heavy (non-hydrogen) atoms. The van der Waals surface area contributed by atoms with Gasteiger partial charge in [-0.2, -0.15) is 0 Å². The van der Waals surface area contributed by atoms with Gasteiger partial charge in [-0.3, -0.25) is 0 Å². The van der Waals surface area contributed by atoms with Crippen LogP contribution < -0.4 is 0 Å². The molecule has 0 saturated heterocycles. The lowest BCUT2D eigenvalue weighted by molar-refractivity contribution is 1.08. The van der Waals surface area contributed by atoms with Gasteiger partial charge in [-0.25, -0.2) is 0 Å². The third-order valence-corrected chi connectivity index (χ3v) is 2.42. The Kier molecular flexibility index (Phi) is 3.56. The van der Waals surface area contributed by atoms with Gasteiger partial charge in [-0.15, -0.1) is 6.58 Å². The maximum Gasteiger partial charge on any atom is 0.0409 e. The Morgan fingerprint density at radius 1 is 1.54 bits per heavy atom. The fourth-order valence-corrected chi connectivity index (χ4v) is 1.51. The Bertz CT molecular complexity index is 302. The van der Waals surface area contributed by atoms with Gasteiger partial charge in [0.15, 0.2) is 0 Å². The van der Waals surface area contributed by atoms with Crippen molar-refractivity contribution in [2.45, 2.75) is 20.3 Å². The van der Waals surface area contributed by atoms with Crippen LogP contribution in [0.15, 0.2) is 30.9 Å². The van der Waals surface area contributed by atoms with Crippen molar-refractivity contribution in [1.82, 2.24) is 0 Å². The van der Waals surface area contributed by atoms with Crippen molar-refractivity contribution in [3.63, 3.8) is 0 Å². The monoisotopic (exact) mass is 193 g/mol. The summed E-state index contributed by atoms with van der Waals surface area (Å²) in [6.45, 7) is 7.96. The number of rotatable bonds is 3. The summed E-state index contributed by atoms with van der Waals surface area (Å²) in [6, 6.07) is 6.00. The molecule has 0 aliphatic carbocycles. The second-order valence-electron chi connectivity index (χ2n) is 3.04. The van der Waals surface area contributed by atoms with Crippen LogP contribution in [0.5, 0.6) is 0 Å². The first-order valence-corrected chi connectivity index (χ1v) is 4.81. The average molecular weight is 194 g/mol. The molecule has 0 aromatic heterocycles. The van der Waals surface area contributed by atoms with E-state index < -0.39 is 0 Å². The van der Waals surface area contributed by atoms with Gasteiger partial charge in [0, 0.05) is 10.9 Å². The minimum Gasteiger partial charge on any atom is -0.102 e. The number of aryl methyl sites for hydroxylation is 1. The SMILES string of the molecule is C=C[C](C)c1cc(Cl)ccc1CC. The molecule has 0 heterocycles. The first-order valence-electron chi connectivity index (χ1n) is 4.43. The molecule has 0 fully saturated rings. The van der Waals surface area contributed by atoms with Crippen molar-refractivity contribution >= 4 is 11.6 Å². The third kappa shape index (κ3) is 2.35. The van der Waals surface area contributed by atoms with Gasteiger partial charge in [0.25, 0.3) is 0 Å². The van der Waals surface area contributed by atoms with E-state index in [1.54, 1.807) is 0 Å². The summed E-state index contributed by atoms with van der Waals surface area (Å²) in [5, 5.41) is 0.786. The molecular formula is C12H14Cl. The molecule has 0 nitrogen and oxygen atoms in total. The van der Waals surface area contributed by atoms with E-state index in [0.717, 1.165) is 11.4 Å². The maximum absolute atomic E-state index is 5.93. The molecular weight excluding hydrogens is 180 g/mol. The fourth-order valence-electron chi connectivity index (χ4n) is 1.33. The Morgan fingerprint density at radius 3 is 2.77 bits per heavy atom. The van der Waals surface area contributed by atoms with Crippen LogP contribution in [0.2, 0.25) is 5.02 Å². The first kappa shape index (κ1) is 10.3. The Labute approximate surface area is 85.2 Å². The van der Waals surface area contributed by atoms with Gasteiger partial charge >= 0.3 is 0 Å². The normalized spacial score (nSPS) is 10.5. The molecule has 1 rings (SSSR count). The summed E-state index contributed by atoms with van der Waals surface area (Å²) in [6.07, 6.45) is 2.89. The van der Waals surface area contributed by atoms with Crippen LogP contribution in [0.3, 0.4) is 0 Å². The van der Waals surface area contributed by atoms with Gasteiger partial charge in [0.2, 0.25) is 0 Å². The highest BCUT2D eigenvalue weighted by atomic mass is 35.5. The summed E-state index contributed by atoms with van der Waals surface area (Å²) in [7, 11) is 0. The van der Waals surface area contributed by atoms with Crippen molar-refractivity contribution in [3.05, 3.63) is 52.9 Å². The largest absolute Gasteiger partial charge is 0.102 e. The lowest BCUT2D eigenvalue weighted by Crippen LogP contribution is -1.96. The molecule has 0 atom stereocenters. The van der Waals surface area contributed by atoms with Crippen LogP contribution in [0.4, 0.5) is 0 Å². The van der Waals surface area contributed by atoms with E-state index in [4.69, 9.17) is 11.6 Å². The summed E-state index contributed by atoms with van der Waals surface area (Å²) in [5.41, 5.74) is 2.53. The van der Waals surface area contributed by atoms with Gasteiger partial charge in [0.05, 0.1) is 0 Å². The second-order valence-corrected chi connectivity index (χ2v) is 3.48. The van der Waals surface area contributed by atoms with Crippen LogP contribution in [-0.4, -0.2) is 0 Å². The predicted octanol–water partition coefficient (Wildman–Crippen LogP) is 4.03. The summed E-state index contributed by atoms with van der Waals surface area (Å²) < 4.78 is 0. The third-order valence-electron chi connectivity index (χ3n) is 2.18. The van der Waals surface area contributed by atoms with E-state index in [-0.39, 0.29) is 0 Å². The lowest BCUT2D eigenvalue weighted by Gasteiger charge is -2.11. The van der Waals surface area contributed by atoms with Gasteiger partial charge in [0.1, 0.15) is 0 Å². The summed E-state index contributed by atoms with van der Waals surface area (Å²) >= 11 is 5.93. The fraction of sp³-hybridized carbons (Fsp3) is 0.250. The minimum absolute atomic E-state index is 0.786. The van der Waals surface area contributed by atoms with Gasteiger partial charge < -0.3 is 0 Å². The highest BCUT2D eigenvalue weighted by Crippen LogP contribution is 2.24. The molecule has 0 spiro atoms. The highest BCUT2D eigenvalue weighted by Gasteiger charge is 2.07. The first-order chi connectivity index (χ1) is 6.19. The molecule has 0 aliphatic heterocycles. The summed E-state index contributed by atoms with van der Waals surface area (Å²) in [5.74, 6) is 1.18. The van der Waals surface area contributed by atoms with Crippen molar-refractivity contribution in [3.8, 4) is 0 Å². The molecule has 1 aromatic rings. The van der Waals surface area contributed by atoms with Crippen molar-refractivity contribution < 1.29 is 0 Å². The smallest absolute Gasteiger partial charge is 0.0409 e. The number of benzene rings is 1. The minimum atomic E-state index is 0.786. The van der Waals surface area contributed by atoms with Crippen LogP contribution >= 0.6 is 11.6 Å². The number of hydrogen-bond acceptors (Lipinski definition) is 0. The van der Waals surface area contributed by atoms with Crippen molar-refractivity contribution in [1.29, 1.82) is 0 Å². The average Bonchev–Trinajstić information content (AvgIpc) is 2.16. The molecule has 0 N–H and O–H groups in total. The molecule has 0 saturated carbocycles. The molecule has 69 valence electrons. The predicted molar refractivity (Wildman–Crippen MR) is 59.0 cm³/mol. The molecule has 1 heteroatoms.